The number of hydrogen-bond donors (Lipinski definition) is 2. The molecule has 0 aliphatic heterocycles. The number of pyridine rings is 1. The summed E-state index contributed by atoms with van der Waals surface area (Å²) in [4.78, 5) is 28.2. The zero-order chi connectivity index (χ0) is 29.4. The van der Waals surface area contributed by atoms with E-state index in [4.69, 9.17) is 16.3 Å². The number of fused-ring (bicyclic) bond motifs is 1. The maximum atomic E-state index is 15.9. The minimum Gasteiger partial charge on any atom is -0.755 e. The molecule has 10 nitrogen and oxygen atoms in total. The average molecular weight is 607 g/mol. The van der Waals surface area contributed by atoms with E-state index in [0.717, 1.165) is 24.3 Å². The Kier molecular flexibility index (Phi) is 7.98. The number of aromatic amines is 1. The Balaban J connectivity index is 1.56. The van der Waals surface area contributed by atoms with Crippen molar-refractivity contribution in [1.29, 1.82) is 0 Å². The Labute approximate surface area is 238 Å². The number of carbonyl (C=O) groups excluding carboxylic acids is 2. The summed E-state index contributed by atoms with van der Waals surface area (Å²) < 4.78 is 76.6. The van der Waals surface area contributed by atoms with Gasteiger partial charge in [-0.05, 0) is 37.1 Å². The summed E-state index contributed by atoms with van der Waals surface area (Å²) in [6.07, 6.45) is 2.83. The number of ether oxygens (including phenoxy) is 1. The van der Waals surface area contributed by atoms with Gasteiger partial charge in [0.05, 0.1) is 34.6 Å². The van der Waals surface area contributed by atoms with Crippen molar-refractivity contribution in [2.75, 3.05) is 11.4 Å². The lowest BCUT2D eigenvalue weighted by molar-refractivity contribution is -0.120. The maximum absolute atomic E-state index is 15.9. The molecule has 0 bridgehead atoms. The van der Waals surface area contributed by atoms with Crippen LogP contribution in [0, 0.1) is 17.5 Å². The van der Waals surface area contributed by atoms with Crippen LogP contribution in [0.1, 0.15) is 36.2 Å². The quantitative estimate of drug-likeness (QED) is 0.286. The predicted molar refractivity (Wildman–Crippen MR) is 143 cm³/mol. The molecule has 0 saturated heterocycles. The van der Waals surface area contributed by atoms with Crippen molar-refractivity contribution in [3.8, 4) is 17.0 Å². The molecule has 214 valence electrons. The van der Waals surface area contributed by atoms with Crippen molar-refractivity contribution in [2.24, 2.45) is 0 Å². The molecular weight excluding hydrogens is 587 g/mol. The highest BCUT2D eigenvalue weighted by Crippen LogP contribution is 2.41. The van der Waals surface area contributed by atoms with E-state index in [2.05, 4.69) is 20.5 Å². The minimum absolute atomic E-state index is 0.00541. The van der Waals surface area contributed by atoms with Crippen LogP contribution in [0.3, 0.4) is 0 Å². The standard InChI is InChI=1S/C26H21ClF3N5O5S/c1-40-26-19(10-12(27)11-31-26)35(41(38)39)18-9-8-17(28)20(22(18)30)15-6-7-16-23(21(15)29)33-34-24(16)25(37)32-13-2-4-14(36)5-3-13/h6-11,13H,2-5H2,1H3,(H,32,37)(H,33,34)(H,38,39)/p-1. The Morgan fingerprint density at radius 3 is 2.59 bits per heavy atom. The second-order valence-corrected chi connectivity index (χ2v) is 10.4. The van der Waals surface area contributed by atoms with E-state index in [1.807, 2.05) is 0 Å². The molecular formula is C26H20ClF3N5O5S-. The number of anilines is 2. The first kappa shape index (κ1) is 28.5. The van der Waals surface area contributed by atoms with Crippen LogP contribution < -0.4 is 14.4 Å². The highest BCUT2D eigenvalue weighted by Gasteiger charge is 2.28. The molecule has 1 unspecified atom stereocenters. The van der Waals surface area contributed by atoms with Crippen molar-refractivity contribution < 1.29 is 36.3 Å². The van der Waals surface area contributed by atoms with Gasteiger partial charge in [-0.15, -0.1) is 0 Å². The lowest BCUT2D eigenvalue weighted by Crippen LogP contribution is -2.37. The number of rotatable bonds is 7. The van der Waals surface area contributed by atoms with Crippen LogP contribution in [-0.2, 0) is 16.1 Å². The average Bonchev–Trinajstić information content (AvgIpc) is 3.38. The summed E-state index contributed by atoms with van der Waals surface area (Å²) in [5, 5.41) is 9.16. The predicted octanol–water partition coefficient (Wildman–Crippen LogP) is 4.88. The molecule has 1 atom stereocenters. The van der Waals surface area contributed by atoms with Crippen LogP contribution in [0.25, 0.3) is 22.0 Å². The lowest BCUT2D eigenvalue weighted by Gasteiger charge is -2.28. The number of amides is 1. The lowest BCUT2D eigenvalue weighted by atomic mass is 9.94. The molecule has 1 aliphatic carbocycles. The number of nitrogens with zero attached hydrogens (tertiary/aromatic N) is 3. The largest absolute Gasteiger partial charge is 0.755 e. The second-order valence-electron chi connectivity index (χ2n) is 9.16. The molecule has 2 aromatic carbocycles. The van der Waals surface area contributed by atoms with Gasteiger partial charge < -0.3 is 14.6 Å². The van der Waals surface area contributed by atoms with E-state index in [9.17, 15) is 18.4 Å². The Hall–Kier alpha value is -4.01. The van der Waals surface area contributed by atoms with Gasteiger partial charge in [-0.3, -0.25) is 23.2 Å². The van der Waals surface area contributed by atoms with Crippen molar-refractivity contribution in [2.45, 2.75) is 31.7 Å². The fourth-order valence-corrected chi connectivity index (χ4v) is 5.46. The van der Waals surface area contributed by atoms with Crippen LogP contribution in [-0.4, -0.2) is 48.8 Å². The van der Waals surface area contributed by atoms with Crippen molar-refractivity contribution >= 4 is 56.8 Å². The minimum atomic E-state index is -3.17. The zero-order valence-corrected chi connectivity index (χ0v) is 22.7. The van der Waals surface area contributed by atoms with Gasteiger partial charge >= 0.3 is 0 Å². The van der Waals surface area contributed by atoms with Gasteiger partial charge in [-0.25, -0.2) is 18.2 Å². The third-order valence-electron chi connectivity index (χ3n) is 6.69. The van der Waals surface area contributed by atoms with Crippen LogP contribution >= 0.6 is 11.6 Å². The molecule has 1 fully saturated rings. The van der Waals surface area contributed by atoms with Crippen LogP contribution in [0.4, 0.5) is 24.5 Å². The first-order valence-corrected chi connectivity index (χ1v) is 13.6. The molecule has 2 aromatic heterocycles. The summed E-state index contributed by atoms with van der Waals surface area (Å²) in [5.41, 5.74) is -2.79. The van der Waals surface area contributed by atoms with Crippen molar-refractivity contribution in [1.82, 2.24) is 20.5 Å². The number of H-pyrrole nitrogens is 1. The SMILES string of the molecule is COc1ncc(Cl)cc1N(c1ccc(F)c(-c2ccc3c(C(=O)NC4CCC(=O)CC4)[nH]nc3c2F)c1F)S(=O)[O-]. The number of methoxy groups -OCH3 is 1. The highest BCUT2D eigenvalue weighted by atomic mass is 35.5. The van der Waals surface area contributed by atoms with Gasteiger partial charge in [0, 0.05) is 36.0 Å². The monoisotopic (exact) mass is 606 g/mol. The molecule has 1 aliphatic rings. The maximum Gasteiger partial charge on any atom is 0.270 e. The van der Waals surface area contributed by atoms with E-state index < -0.39 is 51.4 Å². The first-order chi connectivity index (χ1) is 19.6. The Bertz CT molecular complexity index is 1710. The third-order valence-corrected chi connectivity index (χ3v) is 7.59. The van der Waals surface area contributed by atoms with Gasteiger partial charge in [-0.1, -0.05) is 17.7 Å². The molecule has 0 spiro atoms. The Morgan fingerprint density at radius 1 is 1.17 bits per heavy atom. The van der Waals surface area contributed by atoms with Crippen LogP contribution in [0.2, 0.25) is 5.02 Å². The fraction of sp³-hybridized carbons (Fsp3) is 0.231. The smallest absolute Gasteiger partial charge is 0.270 e. The topological polar surface area (TPSA) is 140 Å². The van der Waals surface area contributed by atoms with Crippen LogP contribution in [0.5, 0.6) is 5.88 Å². The van der Waals surface area contributed by atoms with E-state index in [1.165, 1.54) is 19.4 Å². The molecule has 15 heteroatoms. The van der Waals surface area contributed by atoms with E-state index in [0.29, 0.717) is 30.0 Å². The fourth-order valence-electron chi connectivity index (χ4n) is 4.71. The summed E-state index contributed by atoms with van der Waals surface area (Å²) in [6, 6.07) is 4.89. The number of ketones is 1. The first-order valence-electron chi connectivity index (χ1n) is 12.2. The van der Waals surface area contributed by atoms with Crippen LogP contribution in [0.15, 0.2) is 36.5 Å². The molecule has 5 rings (SSSR count). The van der Waals surface area contributed by atoms with Gasteiger partial charge in [0.15, 0.2) is 11.6 Å². The number of nitrogens with one attached hydrogen (secondary N) is 2. The number of hydrogen-bond acceptors (Lipinski definition) is 7. The molecule has 0 radical (unpaired) electrons. The van der Waals surface area contributed by atoms with Gasteiger partial charge in [-0.2, -0.15) is 5.10 Å². The van der Waals surface area contributed by atoms with Crippen molar-refractivity contribution in [3.05, 3.63) is 64.7 Å². The van der Waals surface area contributed by atoms with Crippen molar-refractivity contribution in [3.63, 3.8) is 0 Å². The number of carbonyl (C=O) groups is 2. The zero-order valence-electron chi connectivity index (χ0n) is 21.2. The van der Waals surface area contributed by atoms with E-state index >= 15 is 13.2 Å². The van der Waals surface area contributed by atoms with Gasteiger partial charge in [0.2, 0.25) is 5.88 Å². The highest BCUT2D eigenvalue weighted by molar-refractivity contribution is 7.81. The molecule has 2 N–H and O–H groups in total. The summed E-state index contributed by atoms with van der Waals surface area (Å²) in [5.74, 6) is -4.41. The molecule has 1 amide bonds. The number of halogens is 4. The van der Waals surface area contributed by atoms with E-state index in [1.54, 1.807) is 0 Å². The number of Topliss-reactive ketones (excluding diaryl/α,β-unsaturated/α-hetero) is 1. The second kappa shape index (κ2) is 11.5. The molecule has 1 saturated carbocycles. The normalized spacial score (nSPS) is 14.7. The van der Waals surface area contributed by atoms with Gasteiger partial charge in [0.1, 0.15) is 28.5 Å². The summed E-state index contributed by atoms with van der Waals surface area (Å²) in [6.45, 7) is 0. The summed E-state index contributed by atoms with van der Waals surface area (Å²) in [7, 11) is 1.21. The molecule has 41 heavy (non-hydrogen) atoms. The number of benzene rings is 2. The molecule has 4 aromatic rings. The summed E-state index contributed by atoms with van der Waals surface area (Å²) >= 11 is 2.79. The number of aromatic nitrogens is 3. The van der Waals surface area contributed by atoms with Gasteiger partial charge in [0.25, 0.3) is 5.91 Å². The molecule has 2 heterocycles. The third kappa shape index (κ3) is 5.37. The Morgan fingerprint density at radius 2 is 1.90 bits per heavy atom. The van der Waals surface area contributed by atoms with E-state index in [-0.39, 0.29) is 45.0 Å².